The van der Waals surface area contributed by atoms with Gasteiger partial charge in [0, 0.05) is 12.2 Å². The quantitative estimate of drug-likeness (QED) is 0.874. The Morgan fingerprint density at radius 2 is 2.14 bits per heavy atom. The first-order valence-electron chi connectivity index (χ1n) is 6.31. The number of benzene rings is 1. The lowest BCUT2D eigenvalue weighted by molar-refractivity contribution is -0.137. The average molecular weight is 310 g/mol. The lowest BCUT2D eigenvalue weighted by Crippen LogP contribution is -2.40. The van der Waals surface area contributed by atoms with Gasteiger partial charge in [-0.2, -0.15) is 5.26 Å². The second-order valence-corrected chi connectivity index (χ2v) is 5.31. The minimum Gasteiger partial charge on any atom is -0.480 e. The SMILES string of the molecule is CC(C)CN(CC(=O)O)C(=O)Nc1ccc(C#N)c(Cl)c1. The molecule has 0 bridgehead atoms. The molecule has 0 aliphatic carbocycles. The molecule has 6 nitrogen and oxygen atoms in total. The molecular formula is C14H16ClN3O3. The fourth-order valence-electron chi connectivity index (χ4n) is 1.71. The van der Waals surface area contributed by atoms with Crippen LogP contribution in [0.25, 0.3) is 0 Å². The van der Waals surface area contributed by atoms with Gasteiger partial charge >= 0.3 is 12.0 Å². The fourth-order valence-corrected chi connectivity index (χ4v) is 1.93. The molecule has 7 heteroatoms. The molecule has 1 aromatic carbocycles. The number of rotatable bonds is 5. The molecule has 0 atom stereocenters. The Kier molecular flexibility index (Phi) is 6.00. The second kappa shape index (κ2) is 7.50. The lowest BCUT2D eigenvalue weighted by atomic mass is 10.2. The van der Waals surface area contributed by atoms with Gasteiger partial charge in [-0.25, -0.2) is 4.79 Å². The number of nitrogens with one attached hydrogen (secondary N) is 1. The van der Waals surface area contributed by atoms with E-state index in [2.05, 4.69) is 5.32 Å². The second-order valence-electron chi connectivity index (χ2n) is 4.90. The molecule has 0 saturated carbocycles. The van der Waals surface area contributed by atoms with E-state index in [9.17, 15) is 9.59 Å². The Bertz CT molecular complexity index is 581. The van der Waals surface area contributed by atoms with Gasteiger partial charge in [0.1, 0.15) is 12.6 Å². The summed E-state index contributed by atoms with van der Waals surface area (Å²) in [5.41, 5.74) is 0.711. The Labute approximate surface area is 127 Å². The number of carbonyl (C=O) groups excluding carboxylic acids is 1. The van der Waals surface area contributed by atoms with Crippen LogP contribution in [0.4, 0.5) is 10.5 Å². The summed E-state index contributed by atoms with van der Waals surface area (Å²) in [6.45, 7) is 3.72. The molecule has 0 radical (unpaired) electrons. The highest BCUT2D eigenvalue weighted by Gasteiger charge is 2.18. The van der Waals surface area contributed by atoms with Crippen LogP contribution in [0.5, 0.6) is 0 Å². The van der Waals surface area contributed by atoms with E-state index in [1.165, 1.54) is 23.1 Å². The summed E-state index contributed by atoms with van der Waals surface area (Å²) in [6.07, 6.45) is 0. The minimum absolute atomic E-state index is 0.139. The van der Waals surface area contributed by atoms with Crippen molar-refractivity contribution in [2.24, 2.45) is 5.92 Å². The number of carboxylic acids is 1. The molecule has 0 spiro atoms. The van der Waals surface area contributed by atoms with Gasteiger partial charge in [-0.15, -0.1) is 0 Å². The van der Waals surface area contributed by atoms with E-state index in [-0.39, 0.29) is 17.5 Å². The number of anilines is 1. The van der Waals surface area contributed by atoms with Crippen LogP contribution in [-0.2, 0) is 4.79 Å². The number of urea groups is 1. The molecule has 0 heterocycles. The van der Waals surface area contributed by atoms with Gasteiger partial charge in [0.25, 0.3) is 0 Å². The molecule has 0 aromatic heterocycles. The number of nitriles is 1. The van der Waals surface area contributed by atoms with Gasteiger partial charge in [-0.1, -0.05) is 25.4 Å². The topological polar surface area (TPSA) is 93.4 Å². The molecule has 21 heavy (non-hydrogen) atoms. The van der Waals surface area contributed by atoms with Crippen LogP contribution < -0.4 is 5.32 Å². The number of hydrogen-bond donors (Lipinski definition) is 2. The van der Waals surface area contributed by atoms with Crippen molar-refractivity contribution < 1.29 is 14.7 Å². The highest BCUT2D eigenvalue weighted by Crippen LogP contribution is 2.20. The standard InChI is InChI=1S/C14H16ClN3O3/c1-9(2)7-18(8-13(19)20)14(21)17-11-4-3-10(6-16)12(15)5-11/h3-5,9H,7-8H2,1-2H3,(H,17,21)(H,19,20). The molecule has 1 rings (SSSR count). The first-order valence-corrected chi connectivity index (χ1v) is 6.68. The van der Waals surface area contributed by atoms with Crippen molar-refractivity contribution in [3.8, 4) is 6.07 Å². The van der Waals surface area contributed by atoms with Crippen LogP contribution in [0.2, 0.25) is 5.02 Å². The van der Waals surface area contributed by atoms with Crippen molar-refractivity contribution in [2.45, 2.75) is 13.8 Å². The average Bonchev–Trinajstić information content (AvgIpc) is 2.37. The number of carboxylic acid groups (broad SMARTS) is 1. The number of amides is 2. The van der Waals surface area contributed by atoms with Gasteiger partial charge < -0.3 is 15.3 Å². The van der Waals surface area contributed by atoms with Gasteiger partial charge in [0.05, 0.1) is 10.6 Å². The number of halogens is 1. The van der Waals surface area contributed by atoms with Crippen molar-refractivity contribution >= 4 is 29.3 Å². The van der Waals surface area contributed by atoms with E-state index in [1.807, 2.05) is 19.9 Å². The Morgan fingerprint density at radius 3 is 2.62 bits per heavy atom. The molecule has 0 aliphatic rings. The van der Waals surface area contributed by atoms with E-state index >= 15 is 0 Å². The van der Waals surface area contributed by atoms with Crippen LogP contribution >= 0.6 is 11.6 Å². The van der Waals surface area contributed by atoms with Gasteiger partial charge in [-0.3, -0.25) is 4.79 Å². The zero-order valence-electron chi connectivity index (χ0n) is 11.8. The summed E-state index contributed by atoms with van der Waals surface area (Å²) >= 11 is 5.88. The first-order chi connectivity index (χ1) is 9.83. The van der Waals surface area contributed by atoms with Gasteiger partial charge in [-0.05, 0) is 24.1 Å². The monoisotopic (exact) mass is 309 g/mol. The van der Waals surface area contributed by atoms with Crippen LogP contribution in [0.3, 0.4) is 0 Å². The summed E-state index contributed by atoms with van der Waals surface area (Å²) in [5.74, 6) is -0.941. The molecule has 0 aliphatic heterocycles. The largest absolute Gasteiger partial charge is 0.480 e. The maximum atomic E-state index is 12.1. The highest BCUT2D eigenvalue weighted by molar-refractivity contribution is 6.32. The van der Waals surface area contributed by atoms with E-state index in [0.29, 0.717) is 17.8 Å². The third kappa shape index (κ3) is 5.32. The Hall–Kier alpha value is -2.26. The van der Waals surface area contributed by atoms with Gasteiger partial charge in [0.15, 0.2) is 0 Å². The predicted molar refractivity (Wildman–Crippen MR) is 79.2 cm³/mol. The van der Waals surface area contributed by atoms with E-state index in [4.69, 9.17) is 22.0 Å². The normalized spacial score (nSPS) is 10.0. The summed E-state index contributed by atoms with van der Waals surface area (Å²) in [6, 6.07) is 5.87. The third-order valence-electron chi connectivity index (χ3n) is 2.54. The molecule has 0 saturated heterocycles. The van der Waals surface area contributed by atoms with Crippen LogP contribution in [0, 0.1) is 17.2 Å². The molecule has 0 fully saturated rings. The highest BCUT2D eigenvalue weighted by atomic mass is 35.5. The van der Waals surface area contributed by atoms with Crippen LogP contribution in [0.1, 0.15) is 19.4 Å². The molecular weight excluding hydrogens is 294 g/mol. The van der Waals surface area contributed by atoms with Crippen molar-refractivity contribution in [2.75, 3.05) is 18.4 Å². The molecule has 112 valence electrons. The number of hydrogen-bond acceptors (Lipinski definition) is 3. The van der Waals surface area contributed by atoms with E-state index < -0.39 is 12.0 Å². The predicted octanol–water partition coefficient (Wildman–Crippen LogP) is 2.79. The van der Waals surface area contributed by atoms with Crippen LogP contribution in [-0.4, -0.2) is 35.1 Å². The number of carbonyl (C=O) groups is 2. The van der Waals surface area contributed by atoms with Crippen molar-refractivity contribution in [3.05, 3.63) is 28.8 Å². The Morgan fingerprint density at radius 1 is 1.48 bits per heavy atom. The van der Waals surface area contributed by atoms with E-state index in [1.54, 1.807) is 0 Å². The molecule has 1 aromatic rings. The van der Waals surface area contributed by atoms with Gasteiger partial charge in [0.2, 0.25) is 0 Å². The molecule has 0 unspecified atom stereocenters. The summed E-state index contributed by atoms with van der Waals surface area (Å²) in [7, 11) is 0. The summed E-state index contributed by atoms with van der Waals surface area (Å²) < 4.78 is 0. The molecule has 2 amide bonds. The van der Waals surface area contributed by atoms with Crippen LogP contribution in [0.15, 0.2) is 18.2 Å². The smallest absolute Gasteiger partial charge is 0.323 e. The lowest BCUT2D eigenvalue weighted by Gasteiger charge is -2.23. The fraction of sp³-hybridized carbons (Fsp3) is 0.357. The third-order valence-corrected chi connectivity index (χ3v) is 2.85. The zero-order chi connectivity index (χ0) is 16.0. The maximum absolute atomic E-state index is 12.1. The number of nitrogens with zero attached hydrogens (tertiary/aromatic N) is 2. The van der Waals surface area contributed by atoms with Crippen molar-refractivity contribution in [1.29, 1.82) is 5.26 Å². The van der Waals surface area contributed by atoms with Crippen molar-refractivity contribution in [3.63, 3.8) is 0 Å². The first kappa shape index (κ1) is 16.8. The number of aliphatic carboxylic acids is 1. The summed E-state index contributed by atoms with van der Waals surface area (Å²) in [4.78, 5) is 24.1. The van der Waals surface area contributed by atoms with E-state index in [0.717, 1.165) is 0 Å². The molecule has 2 N–H and O–H groups in total. The maximum Gasteiger partial charge on any atom is 0.323 e. The summed E-state index contributed by atoms with van der Waals surface area (Å²) in [5, 5.41) is 20.4. The van der Waals surface area contributed by atoms with Crippen molar-refractivity contribution in [1.82, 2.24) is 4.90 Å². The minimum atomic E-state index is -1.08. The Balaban J connectivity index is 2.83. The zero-order valence-corrected chi connectivity index (χ0v) is 12.5.